The van der Waals surface area contributed by atoms with Crippen molar-refractivity contribution in [2.24, 2.45) is 4.99 Å². The average molecular weight is 323 g/mol. The Kier molecular flexibility index (Phi) is 9.36. The maximum absolute atomic E-state index is 11.6. The highest BCUT2D eigenvalue weighted by molar-refractivity contribution is 5.84. The summed E-state index contributed by atoms with van der Waals surface area (Å²) in [6, 6.07) is 0.576. The largest absolute Gasteiger partial charge is 0.356 e. The van der Waals surface area contributed by atoms with Crippen LogP contribution in [0.1, 0.15) is 32.6 Å². The number of carbonyl (C=O) groups excluding carboxylic acids is 1. The van der Waals surface area contributed by atoms with E-state index < -0.39 is 0 Å². The van der Waals surface area contributed by atoms with E-state index in [1.807, 2.05) is 0 Å². The predicted octanol–water partition coefficient (Wildman–Crippen LogP) is 1.06. The molecule has 1 heterocycles. The third kappa shape index (κ3) is 8.02. The Hall–Kier alpha value is -1.56. The fourth-order valence-electron chi connectivity index (χ4n) is 2.57. The number of hydrogen-bond acceptors (Lipinski definition) is 3. The van der Waals surface area contributed by atoms with E-state index in [0.29, 0.717) is 18.5 Å². The van der Waals surface area contributed by atoms with Crippen LogP contribution in [0.25, 0.3) is 0 Å². The van der Waals surface area contributed by atoms with Crippen molar-refractivity contribution < 1.29 is 4.79 Å². The molecule has 132 valence electrons. The summed E-state index contributed by atoms with van der Waals surface area (Å²) < 4.78 is 0. The molecule has 0 aromatic heterocycles. The summed E-state index contributed by atoms with van der Waals surface area (Å²) in [6.07, 6.45) is 6.84. The topological polar surface area (TPSA) is 60.0 Å². The Morgan fingerprint density at radius 3 is 2.61 bits per heavy atom. The minimum atomic E-state index is -0.00797. The molecule has 1 saturated heterocycles. The first-order chi connectivity index (χ1) is 11.0. The molecule has 1 fully saturated rings. The van der Waals surface area contributed by atoms with Crippen molar-refractivity contribution in [2.45, 2.75) is 38.6 Å². The third-order valence-electron chi connectivity index (χ3n) is 4.15. The number of amides is 1. The fourth-order valence-corrected chi connectivity index (χ4v) is 2.57. The molecule has 6 heteroatoms. The van der Waals surface area contributed by atoms with E-state index in [-0.39, 0.29) is 12.5 Å². The number of piperidine rings is 1. The van der Waals surface area contributed by atoms with Gasteiger partial charge in [-0.1, -0.05) is 12.5 Å². The second-order valence-corrected chi connectivity index (χ2v) is 6.28. The van der Waals surface area contributed by atoms with Crippen molar-refractivity contribution in [1.29, 1.82) is 0 Å². The minimum Gasteiger partial charge on any atom is -0.356 e. The molecule has 1 rings (SSSR count). The van der Waals surface area contributed by atoms with Gasteiger partial charge >= 0.3 is 0 Å². The first-order valence-corrected chi connectivity index (χ1v) is 8.62. The summed E-state index contributed by atoms with van der Waals surface area (Å²) in [5.41, 5.74) is 0. The lowest BCUT2D eigenvalue weighted by Gasteiger charge is -2.32. The summed E-state index contributed by atoms with van der Waals surface area (Å²) >= 11 is 0. The summed E-state index contributed by atoms with van der Waals surface area (Å²) in [5.74, 6) is 0.664. The van der Waals surface area contributed by atoms with Crippen LogP contribution in [0.3, 0.4) is 0 Å². The van der Waals surface area contributed by atoms with E-state index in [4.69, 9.17) is 0 Å². The van der Waals surface area contributed by atoms with Crippen molar-refractivity contribution in [3.63, 3.8) is 0 Å². The molecule has 2 N–H and O–H groups in total. The van der Waals surface area contributed by atoms with E-state index >= 15 is 0 Å². The minimum absolute atomic E-state index is 0.00797. The lowest BCUT2D eigenvalue weighted by molar-refractivity contribution is -0.127. The van der Waals surface area contributed by atoms with Crippen molar-refractivity contribution in [3.8, 4) is 0 Å². The van der Waals surface area contributed by atoms with Gasteiger partial charge in [-0.2, -0.15) is 0 Å². The van der Waals surface area contributed by atoms with Gasteiger partial charge in [0.2, 0.25) is 5.91 Å². The van der Waals surface area contributed by atoms with Crippen LogP contribution < -0.4 is 10.6 Å². The molecule has 0 bridgehead atoms. The zero-order valence-electron chi connectivity index (χ0n) is 15.0. The molecule has 23 heavy (non-hydrogen) atoms. The maximum Gasteiger partial charge on any atom is 0.243 e. The van der Waals surface area contributed by atoms with Crippen LogP contribution >= 0.6 is 0 Å². The van der Waals surface area contributed by atoms with Gasteiger partial charge in [-0.15, -0.1) is 6.58 Å². The number of likely N-dealkylation sites (tertiary alicyclic amines) is 1. The molecule has 1 amide bonds. The molecule has 0 aromatic carbocycles. The fraction of sp³-hybridized carbons (Fsp3) is 0.765. The Bertz CT molecular complexity index is 388. The molecule has 1 unspecified atom stereocenters. The van der Waals surface area contributed by atoms with Gasteiger partial charge < -0.3 is 20.4 Å². The maximum atomic E-state index is 11.6. The van der Waals surface area contributed by atoms with E-state index in [1.54, 1.807) is 25.1 Å². The average Bonchev–Trinajstić information content (AvgIpc) is 2.56. The molecule has 0 radical (unpaired) electrons. The lowest BCUT2D eigenvalue weighted by Crippen LogP contribution is -2.42. The predicted molar refractivity (Wildman–Crippen MR) is 96.7 cm³/mol. The molecule has 1 aliphatic heterocycles. The first kappa shape index (κ1) is 19.5. The highest BCUT2D eigenvalue weighted by Gasteiger charge is 2.16. The first-order valence-electron chi connectivity index (χ1n) is 8.62. The van der Waals surface area contributed by atoms with Crippen molar-refractivity contribution in [2.75, 3.05) is 46.8 Å². The molecular weight excluding hydrogens is 290 g/mol. The van der Waals surface area contributed by atoms with Gasteiger partial charge in [0.25, 0.3) is 0 Å². The van der Waals surface area contributed by atoms with Gasteiger partial charge in [-0.25, -0.2) is 4.99 Å². The van der Waals surface area contributed by atoms with Crippen LogP contribution in [0.15, 0.2) is 17.6 Å². The van der Waals surface area contributed by atoms with Crippen LogP contribution in [-0.2, 0) is 4.79 Å². The smallest absolute Gasteiger partial charge is 0.243 e. The Balaban J connectivity index is 2.38. The Morgan fingerprint density at radius 2 is 2.00 bits per heavy atom. The van der Waals surface area contributed by atoms with E-state index in [0.717, 1.165) is 13.0 Å². The molecule has 1 atom stereocenters. The van der Waals surface area contributed by atoms with Gasteiger partial charge in [0.1, 0.15) is 6.54 Å². The monoisotopic (exact) mass is 323 g/mol. The molecular formula is C17H33N5O. The van der Waals surface area contributed by atoms with Gasteiger partial charge in [0, 0.05) is 33.2 Å². The van der Waals surface area contributed by atoms with Crippen molar-refractivity contribution >= 4 is 11.9 Å². The summed E-state index contributed by atoms with van der Waals surface area (Å²) in [5, 5.41) is 6.47. The van der Waals surface area contributed by atoms with E-state index in [2.05, 4.69) is 34.0 Å². The van der Waals surface area contributed by atoms with Crippen LogP contribution in [0.5, 0.6) is 0 Å². The quantitative estimate of drug-likeness (QED) is 0.398. The van der Waals surface area contributed by atoms with Gasteiger partial charge in [0.05, 0.1) is 0 Å². The second-order valence-electron chi connectivity index (χ2n) is 6.28. The van der Waals surface area contributed by atoms with Gasteiger partial charge in [-0.3, -0.25) is 4.79 Å². The molecule has 1 aliphatic rings. The van der Waals surface area contributed by atoms with Crippen LogP contribution in [0.4, 0.5) is 0 Å². The van der Waals surface area contributed by atoms with E-state index in [1.165, 1.54) is 32.4 Å². The zero-order valence-corrected chi connectivity index (χ0v) is 15.0. The zero-order chi connectivity index (χ0) is 17.1. The van der Waals surface area contributed by atoms with E-state index in [9.17, 15) is 4.79 Å². The highest BCUT2D eigenvalue weighted by atomic mass is 16.2. The molecule has 0 aromatic rings. The normalized spacial score (nSPS) is 17.4. The number of nitrogens with one attached hydrogen (secondary N) is 2. The number of likely N-dealkylation sites (N-methyl/N-ethyl adjacent to an activating group) is 1. The van der Waals surface area contributed by atoms with Gasteiger partial charge in [-0.05, 0) is 39.3 Å². The van der Waals surface area contributed by atoms with Gasteiger partial charge in [0.15, 0.2) is 5.96 Å². The SMILES string of the molecule is C=CCNC(=NCC(=O)N(C)C)NCCC(C)N1CCCCC1. The summed E-state index contributed by atoms with van der Waals surface area (Å²) in [7, 11) is 3.48. The summed E-state index contributed by atoms with van der Waals surface area (Å²) in [4.78, 5) is 20.1. The van der Waals surface area contributed by atoms with Crippen LogP contribution in [-0.4, -0.2) is 74.5 Å². The standard InChI is InChI=1S/C17H33N5O/c1-5-10-18-17(20-14-16(23)21(3)4)19-11-9-15(2)22-12-7-6-8-13-22/h5,15H,1,6-14H2,2-4H3,(H2,18,19,20). The number of nitrogens with zero attached hydrogens (tertiary/aromatic N) is 3. The van der Waals surface area contributed by atoms with Crippen molar-refractivity contribution in [1.82, 2.24) is 20.4 Å². The highest BCUT2D eigenvalue weighted by Crippen LogP contribution is 2.13. The number of hydrogen-bond donors (Lipinski definition) is 2. The number of aliphatic imine (C=N–C) groups is 1. The molecule has 0 spiro atoms. The number of guanidine groups is 1. The molecule has 6 nitrogen and oxygen atoms in total. The number of carbonyl (C=O) groups is 1. The Labute approximate surface area is 141 Å². The lowest BCUT2D eigenvalue weighted by atomic mass is 10.1. The Morgan fingerprint density at radius 1 is 1.30 bits per heavy atom. The molecule has 0 saturated carbocycles. The third-order valence-corrected chi connectivity index (χ3v) is 4.15. The number of rotatable bonds is 8. The van der Waals surface area contributed by atoms with Crippen LogP contribution in [0, 0.1) is 0 Å². The molecule has 0 aliphatic carbocycles. The van der Waals surface area contributed by atoms with Crippen LogP contribution in [0.2, 0.25) is 0 Å². The van der Waals surface area contributed by atoms with Crippen molar-refractivity contribution in [3.05, 3.63) is 12.7 Å². The second kappa shape index (κ2) is 11.0. The summed E-state index contributed by atoms with van der Waals surface area (Å²) in [6.45, 7) is 10.0.